The fourth-order valence-corrected chi connectivity index (χ4v) is 2.51. The van der Waals surface area contributed by atoms with Gasteiger partial charge in [-0.25, -0.2) is 0 Å². The van der Waals surface area contributed by atoms with Gasteiger partial charge in [0.15, 0.2) is 11.5 Å². The highest BCUT2D eigenvalue weighted by atomic mass is 16.6. The first-order valence-electron chi connectivity index (χ1n) is 7.71. The van der Waals surface area contributed by atoms with Crippen molar-refractivity contribution in [3.63, 3.8) is 0 Å². The summed E-state index contributed by atoms with van der Waals surface area (Å²) in [6.07, 6.45) is 2.94. The third kappa shape index (κ3) is 3.63. The van der Waals surface area contributed by atoms with Crippen LogP contribution in [0.3, 0.4) is 0 Å². The highest BCUT2D eigenvalue weighted by Gasteiger charge is 2.31. The van der Waals surface area contributed by atoms with Crippen LogP contribution in [0.15, 0.2) is 48.8 Å². The average Bonchev–Trinajstić information content (AvgIpc) is 2.65. The van der Waals surface area contributed by atoms with Crippen LogP contribution in [-0.2, 0) is 11.3 Å². The van der Waals surface area contributed by atoms with Gasteiger partial charge < -0.3 is 14.4 Å². The molecule has 0 radical (unpaired) electrons. The summed E-state index contributed by atoms with van der Waals surface area (Å²) < 4.78 is 11.4. The van der Waals surface area contributed by atoms with Crippen LogP contribution in [0.1, 0.15) is 12.0 Å². The number of nitrogens with zero attached hydrogens (tertiary/aromatic N) is 3. The number of pyridine rings is 1. The van der Waals surface area contributed by atoms with E-state index in [0.717, 1.165) is 5.56 Å². The molecule has 0 aliphatic carbocycles. The smallest absolute Gasteiger partial charge is 0.267 e. The van der Waals surface area contributed by atoms with E-state index < -0.39 is 6.10 Å². The first kappa shape index (κ1) is 15.8. The van der Waals surface area contributed by atoms with Crippen molar-refractivity contribution in [2.45, 2.75) is 19.1 Å². The molecule has 0 fully saturated rings. The minimum atomic E-state index is -0.713. The number of carbonyl (C=O) groups is 1. The van der Waals surface area contributed by atoms with Gasteiger partial charge in [0.05, 0.1) is 12.5 Å². The standard InChI is InChI=1S/C18H17N3O3/c19-8-4-10-21(12-14-5-3-9-20-11-14)18(22)17-13-23-15-6-1-2-7-16(15)24-17/h1-3,5-7,9,11,17H,4,10,12-13H2. The molecule has 0 bridgehead atoms. The molecule has 1 aliphatic heterocycles. The van der Waals surface area contributed by atoms with E-state index in [4.69, 9.17) is 14.7 Å². The van der Waals surface area contributed by atoms with Gasteiger partial charge in [0.2, 0.25) is 6.10 Å². The van der Waals surface area contributed by atoms with Crippen LogP contribution >= 0.6 is 0 Å². The number of para-hydroxylation sites is 2. The quantitative estimate of drug-likeness (QED) is 0.843. The van der Waals surface area contributed by atoms with Crippen LogP contribution < -0.4 is 9.47 Å². The lowest BCUT2D eigenvalue weighted by Crippen LogP contribution is -2.46. The molecular formula is C18H17N3O3. The summed E-state index contributed by atoms with van der Waals surface area (Å²) in [5.74, 6) is 1.00. The maximum atomic E-state index is 12.8. The van der Waals surface area contributed by atoms with Gasteiger partial charge in [0, 0.05) is 25.5 Å². The molecule has 0 N–H and O–H groups in total. The SMILES string of the molecule is N#CCCN(Cc1cccnc1)C(=O)C1COc2ccccc2O1. The van der Waals surface area contributed by atoms with Gasteiger partial charge in [-0.15, -0.1) is 0 Å². The van der Waals surface area contributed by atoms with Crippen LogP contribution in [-0.4, -0.2) is 35.0 Å². The first-order chi connectivity index (χ1) is 11.8. The molecule has 1 amide bonds. The normalized spacial score (nSPS) is 15.4. The van der Waals surface area contributed by atoms with E-state index in [-0.39, 0.29) is 18.9 Å². The summed E-state index contributed by atoms with van der Waals surface area (Å²) in [6.45, 7) is 0.882. The molecule has 0 saturated heterocycles. The minimum absolute atomic E-state index is 0.159. The first-order valence-corrected chi connectivity index (χ1v) is 7.71. The summed E-state index contributed by atoms with van der Waals surface area (Å²) >= 11 is 0. The Balaban J connectivity index is 1.73. The number of ether oxygens (including phenoxy) is 2. The van der Waals surface area contributed by atoms with Crippen molar-refractivity contribution in [2.24, 2.45) is 0 Å². The monoisotopic (exact) mass is 323 g/mol. The molecular weight excluding hydrogens is 306 g/mol. The fourth-order valence-electron chi connectivity index (χ4n) is 2.51. The molecule has 122 valence electrons. The number of aromatic nitrogens is 1. The Morgan fingerprint density at radius 2 is 2.12 bits per heavy atom. The molecule has 1 aliphatic rings. The average molecular weight is 323 g/mol. The number of hydrogen-bond acceptors (Lipinski definition) is 5. The second kappa shape index (κ2) is 7.47. The van der Waals surface area contributed by atoms with Gasteiger partial charge in [-0.1, -0.05) is 18.2 Å². The van der Waals surface area contributed by atoms with E-state index in [1.165, 1.54) is 0 Å². The summed E-state index contributed by atoms with van der Waals surface area (Å²) in [4.78, 5) is 18.5. The molecule has 6 nitrogen and oxygen atoms in total. The van der Waals surface area contributed by atoms with Crippen LogP contribution in [0.25, 0.3) is 0 Å². The molecule has 6 heteroatoms. The molecule has 24 heavy (non-hydrogen) atoms. The molecule has 2 aromatic rings. The largest absolute Gasteiger partial charge is 0.485 e. The van der Waals surface area contributed by atoms with Crippen LogP contribution in [0.5, 0.6) is 11.5 Å². The van der Waals surface area contributed by atoms with Crippen molar-refractivity contribution >= 4 is 5.91 Å². The zero-order valence-electron chi connectivity index (χ0n) is 13.1. The number of fused-ring (bicyclic) bond motifs is 1. The molecule has 1 aromatic heterocycles. The molecule has 3 rings (SSSR count). The third-order valence-electron chi connectivity index (χ3n) is 3.69. The Morgan fingerprint density at radius 1 is 1.29 bits per heavy atom. The number of amides is 1. The summed E-state index contributed by atoms with van der Waals surface area (Å²) in [5.41, 5.74) is 0.904. The van der Waals surface area contributed by atoms with Crippen molar-refractivity contribution in [3.05, 3.63) is 54.4 Å². The molecule has 1 aromatic carbocycles. The van der Waals surface area contributed by atoms with Crippen molar-refractivity contribution in [1.82, 2.24) is 9.88 Å². The Hall–Kier alpha value is -3.07. The predicted molar refractivity (Wildman–Crippen MR) is 86.2 cm³/mol. The van der Waals surface area contributed by atoms with Crippen molar-refractivity contribution in [1.29, 1.82) is 5.26 Å². The molecule has 1 atom stereocenters. The van der Waals surface area contributed by atoms with Gasteiger partial charge in [0.25, 0.3) is 5.91 Å². The lowest BCUT2D eigenvalue weighted by atomic mass is 10.2. The van der Waals surface area contributed by atoms with Crippen molar-refractivity contribution in [2.75, 3.05) is 13.2 Å². The van der Waals surface area contributed by atoms with Crippen molar-refractivity contribution in [3.8, 4) is 17.6 Å². The summed E-state index contributed by atoms with van der Waals surface area (Å²) in [6, 6.07) is 13.1. The second-order valence-corrected chi connectivity index (χ2v) is 5.39. The van der Waals surface area contributed by atoms with Crippen LogP contribution in [0.2, 0.25) is 0 Å². The number of carbonyl (C=O) groups excluding carboxylic acids is 1. The number of hydrogen-bond donors (Lipinski definition) is 0. The Labute approximate surface area is 140 Å². The Kier molecular flexibility index (Phi) is 4.92. The number of nitriles is 1. The van der Waals surface area contributed by atoms with Crippen molar-refractivity contribution < 1.29 is 14.3 Å². The van der Waals surface area contributed by atoms with Gasteiger partial charge >= 0.3 is 0 Å². The van der Waals surface area contributed by atoms with Gasteiger partial charge in [-0.3, -0.25) is 9.78 Å². The number of benzene rings is 1. The third-order valence-corrected chi connectivity index (χ3v) is 3.69. The highest BCUT2D eigenvalue weighted by molar-refractivity contribution is 5.82. The van der Waals surface area contributed by atoms with E-state index >= 15 is 0 Å². The van der Waals surface area contributed by atoms with E-state index in [0.29, 0.717) is 24.6 Å². The Bertz CT molecular complexity index is 743. The predicted octanol–water partition coefficient (Wildman–Crippen LogP) is 2.16. The molecule has 0 spiro atoms. The molecule has 2 heterocycles. The maximum Gasteiger partial charge on any atom is 0.267 e. The van der Waals surface area contributed by atoms with E-state index in [1.807, 2.05) is 24.3 Å². The zero-order chi connectivity index (χ0) is 16.8. The van der Waals surface area contributed by atoms with E-state index in [1.54, 1.807) is 29.4 Å². The van der Waals surface area contributed by atoms with E-state index in [9.17, 15) is 4.79 Å². The lowest BCUT2D eigenvalue weighted by molar-refractivity contribution is -0.141. The van der Waals surface area contributed by atoms with Gasteiger partial charge in [0.1, 0.15) is 6.61 Å². The highest BCUT2D eigenvalue weighted by Crippen LogP contribution is 2.31. The lowest BCUT2D eigenvalue weighted by Gasteiger charge is -2.30. The minimum Gasteiger partial charge on any atom is -0.485 e. The van der Waals surface area contributed by atoms with Crippen LogP contribution in [0.4, 0.5) is 0 Å². The van der Waals surface area contributed by atoms with Crippen LogP contribution in [0, 0.1) is 11.3 Å². The Morgan fingerprint density at radius 3 is 2.88 bits per heavy atom. The number of rotatable bonds is 5. The fraction of sp³-hybridized carbons (Fsp3) is 0.278. The summed E-state index contributed by atoms with van der Waals surface area (Å²) in [7, 11) is 0. The topological polar surface area (TPSA) is 75.5 Å². The molecule has 0 saturated carbocycles. The maximum absolute atomic E-state index is 12.8. The van der Waals surface area contributed by atoms with Gasteiger partial charge in [-0.2, -0.15) is 5.26 Å². The zero-order valence-corrected chi connectivity index (χ0v) is 13.1. The summed E-state index contributed by atoms with van der Waals surface area (Å²) in [5, 5.41) is 8.85. The molecule has 1 unspecified atom stereocenters. The van der Waals surface area contributed by atoms with E-state index in [2.05, 4.69) is 11.1 Å². The van der Waals surface area contributed by atoms with Gasteiger partial charge in [-0.05, 0) is 23.8 Å². The second-order valence-electron chi connectivity index (χ2n) is 5.39.